The topological polar surface area (TPSA) is 95.5 Å². The second kappa shape index (κ2) is 6.88. The molecule has 0 radical (unpaired) electrons. The van der Waals surface area contributed by atoms with E-state index in [0.29, 0.717) is 5.56 Å². The molecule has 0 saturated carbocycles. The smallest absolute Gasteiger partial charge is 0.305 e. The highest BCUT2D eigenvalue weighted by molar-refractivity contribution is 5.96. The van der Waals surface area contributed by atoms with Crippen molar-refractivity contribution in [2.75, 3.05) is 6.54 Å². The van der Waals surface area contributed by atoms with Crippen molar-refractivity contribution in [2.24, 2.45) is 0 Å². The van der Waals surface area contributed by atoms with Crippen molar-refractivity contribution < 1.29 is 19.5 Å². The normalized spacial score (nSPS) is 10.8. The van der Waals surface area contributed by atoms with E-state index in [2.05, 4.69) is 10.6 Å². The third-order valence-electron chi connectivity index (χ3n) is 2.79. The molecule has 0 spiro atoms. The second-order valence-electron chi connectivity index (χ2n) is 5.55. The third kappa shape index (κ3) is 6.07. The molecule has 0 bridgehead atoms. The minimum Gasteiger partial charge on any atom is -0.481 e. The molecule has 1 aromatic carbocycles. The lowest BCUT2D eigenvalue weighted by atomic mass is 10.0. The van der Waals surface area contributed by atoms with Crippen LogP contribution in [0.1, 0.15) is 36.2 Å². The lowest BCUT2D eigenvalue weighted by Crippen LogP contribution is -2.48. The third-order valence-corrected chi connectivity index (χ3v) is 2.79. The Hall–Kier alpha value is -2.37. The number of nitrogens with one attached hydrogen (secondary N) is 2. The van der Waals surface area contributed by atoms with Gasteiger partial charge in [-0.2, -0.15) is 0 Å². The zero-order chi connectivity index (χ0) is 16.0. The molecule has 0 fully saturated rings. The van der Waals surface area contributed by atoms with Crippen LogP contribution in [0.15, 0.2) is 24.3 Å². The molecule has 1 aromatic rings. The van der Waals surface area contributed by atoms with Crippen molar-refractivity contribution in [3.8, 4) is 0 Å². The molecule has 2 amide bonds. The highest BCUT2D eigenvalue weighted by Crippen LogP contribution is 2.07. The van der Waals surface area contributed by atoms with Crippen LogP contribution in [-0.4, -0.2) is 35.0 Å². The molecule has 0 aliphatic carbocycles. The Morgan fingerprint density at radius 1 is 1.14 bits per heavy atom. The number of carbonyl (C=O) groups is 3. The van der Waals surface area contributed by atoms with Gasteiger partial charge in [-0.3, -0.25) is 14.4 Å². The fraction of sp³-hybridized carbons (Fsp3) is 0.400. The average molecular weight is 292 g/mol. The van der Waals surface area contributed by atoms with E-state index in [-0.39, 0.29) is 18.9 Å². The van der Waals surface area contributed by atoms with Crippen molar-refractivity contribution >= 4 is 17.8 Å². The first-order valence-corrected chi connectivity index (χ1v) is 6.57. The van der Waals surface area contributed by atoms with Crippen molar-refractivity contribution in [1.29, 1.82) is 0 Å². The van der Waals surface area contributed by atoms with Gasteiger partial charge >= 0.3 is 5.97 Å². The standard InChI is InChI=1S/C15H20N2O4/c1-10-4-6-11(7-5-10)14(21)16-9-12(18)17-15(2,3)8-13(19)20/h4-7H,8-9H2,1-3H3,(H,16,21)(H,17,18)(H,19,20). The maximum Gasteiger partial charge on any atom is 0.305 e. The molecular formula is C15H20N2O4. The van der Waals surface area contributed by atoms with Gasteiger partial charge < -0.3 is 15.7 Å². The molecule has 0 heterocycles. The van der Waals surface area contributed by atoms with Gasteiger partial charge in [-0.25, -0.2) is 0 Å². The van der Waals surface area contributed by atoms with Gasteiger partial charge in [-0.05, 0) is 32.9 Å². The Morgan fingerprint density at radius 2 is 1.71 bits per heavy atom. The first-order chi connectivity index (χ1) is 9.69. The minimum atomic E-state index is -0.996. The van der Waals surface area contributed by atoms with Gasteiger partial charge in [0, 0.05) is 11.1 Å². The Bertz CT molecular complexity index is 535. The number of benzene rings is 1. The zero-order valence-corrected chi connectivity index (χ0v) is 12.4. The van der Waals surface area contributed by atoms with Gasteiger partial charge in [0.25, 0.3) is 5.91 Å². The summed E-state index contributed by atoms with van der Waals surface area (Å²) in [5, 5.41) is 13.8. The summed E-state index contributed by atoms with van der Waals surface area (Å²) in [4.78, 5) is 34.2. The summed E-state index contributed by atoms with van der Waals surface area (Å²) in [5.74, 6) is -1.77. The predicted molar refractivity (Wildman–Crippen MR) is 78.0 cm³/mol. The summed E-state index contributed by atoms with van der Waals surface area (Å²) in [6, 6.07) is 6.98. The van der Waals surface area contributed by atoms with Crippen LogP contribution in [0.5, 0.6) is 0 Å². The molecule has 114 valence electrons. The number of aliphatic carboxylic acids is 1. The number of carbonyl (C=O) groups excluding carboxylic acids is 2. The number of carboxylic acids is 1. The van der Waals surface area contributed by atoms with Crippen molar-refractivity contribution in [3.63, 3.8) is 0 Å². The number of hydrogen-bond donors (Lipinski definition) is 3. The number of rotatable bonds is 6. The average Bonchev–Trinajstić information content (AvgIpc) is 2.34. The van der Waals surface area contributed by atoms with Crippen LogP contribution in [0.25, 0.3) is 0 Å². The number of carboxylic acid groups (broad SMARTS) is 1. The quantitative estimate of drug-likeness (QED) is 0.731. The van der Waals surface area contributed by atoms with E-state index in [0.717, 1.165) is 5.56 Å². The van der Waals surface area contributed by atoms with Crippen LogP contribution in [0, 0.1) is 6.92 Å². The summed E-state index contributed by atoms with van der Waals surface area (Å²) in [7, 11) is 0. The van der Waals surface area contributed by atoms with E-state index >= 15 is 0 Å². The first kappa shape index (κ1) is 16.7. The second-order valence-corrected chi connectivity index (χ2v) is 5.55. The van der Waals surface area contributed by atoms with Gasteiger partial charge in [-0.1, -0.05) is 17.7 Å². The van der Waals surface area contributed by atoms with E-state index in [9.17, 15) is 14.4 Å². The van der Waals surface area contributed by atoms with Gasteiger partial charge in [0.2, 0.25) is 5.91 Å². The van der Waals surface area contributed by atoms with Gasteiger partial charge in [-0.15, -0.1) is 0 Å². The molecule has 0 saturated heterocycles. The maximum atomic E-state index is 11.8. The van der Waals surface area contributed by atoms with E-state index in [1.54, 1.807) is 26.0 Å². The van der Waals surface area contributed by atoms with Gasteiger partial charge in [0.15, 0.2) is 0 Å². The summed E-state index contributed by atoms with van der Waals surface area (Å²) >= 11 is 0. The molecule has 0 aromatic heterocycles. The lowest BCUT2D eigenvalue weighted by molar-refractivity contribution is -0.138. The molecule has 6 nitrogen and oxygen atoms in total. The SMILES string of the molecule is Cc1ccc(C(=O)NCC(=O)NC(C)(C)CC(=O)O)cc1. The Kier molecular flexibility index (Phi) is 5.46. The molecule has 0 unspecified atom stereocenters. The van der Waals surface area contributed by atoms with Crippen LogP contribution in [-0.2, 0) is 9.59 Å². The Morgan fingerprint density at radius 3 is 2.24 bits per heavy atom. The van der Waals surface area contributed by atoms with E-state index in [4.69, 9.17) is 5.11 Å². The monoisotopic (exact) mass is 292 g/mol. The molecule has 3 N–H and O–H groups in total. The molecular weight excluding hydrogens is 272 g/mol. The summed E-state index contributed by atoms with van der Waals surface area (Å²) in [6.07, 6.45) is -0.190. The van der Waals surface area contributed by atoms with Gasteiger partial charge in [0.1, 0.15) is 0 Å². The van der Waals surface area contributed by atoms with Crippen LogP contribution in [0.3, 0.4) is 0 Å². The lowest BCUT2D eigenvalue weighted by Gasteiger charge is -2.24. The van der Waals surface area contributed by atoms with E-state index in [1.807, 2.05) is 19.1 Å². The summed E-state index contributed by atoms with van der Waals surface area (Å²) in [6.45, 7) is 4.94. The summed E-state index contributed by atoms with van der Waals surface area (Å²) < 4.78 is 0. The van der Waals surface area contributed by atoms with E-state index < -0.39 is 17.4 Å². The van der Waals surface area contributed by atoms with Crippen LogP contribution < -0.4 is 10.6 Å². The van der Waals surface area contributed by atoms with Crippen molar-refractivity contribution in [3.05, 3.63) is 35.4 Å². The Labute approximate surface area is 123 Å². The van der Waals surface area contributed by atoms with E-state index in [1.165, 1.54) is 0 Å². The molecule has 1 rings (SSSR count). The van der Waals surface area contributed by atoms with Crippen LogP contribution in [0.4, 0.5) is 0 Å². The molecule has 21 heavy (non-hydrogen) atoms. The number of amides is 2. The number of hydrogen-bond acceptors (Lipinski definition) is 3. The first-order valence-electron chi connectivity index (χ1n) is 6.57. The molecule has 0 aliphatic heterocycles. The fourth-order valence-electron chi connectivity index (χ4n) is 1.81. The van der Waals surface area contributed by atoms with Gasteiger partial charge in [0.05, 0.1) is 13.0 Å². The zero-order valence-electron chi connectivity index (χ0n) is 12.4. The predicted octanol–water partition coefficient (Wildman–Crippen LogP) is 1.09. The molecule has 0 atom stereocenters. The highest BCUT2D eigenvalue weighted by atomic mass is 16.4. The minimum absolute atomic E-state index is 0.190. The fourth-order valence-corrected chi connectivity index (χ4v) is 1.81. The Balaban J connectivity index is 2.47. The van der Waals surface area contributed by atoms with Crippen molar-refractivity contribution in [2.45, 2.75) is 32.7 Å². The summed E-state index contributed by atoms with van der Waals surface area (Å²) in [5.41, 5.74) is 0.648. The molecule has 0 aliphatic rings. The number of aryl methyl sites for hydroxylation is 1. The highest BCUT2D eigenvalue weighted by Gasteiger charge is 2.23. The largest absolute Gasteiger partial charge is 0.481 e. The van der Waals surface area contributed by atoms with Crippen LogP contribution >= 0.6 is 0 Å². The van der Waals surface area contributed by atoms with Crippen LogP contribution in [0.2, 0.25) is 0 Å². The molecule has 6 heteroatoms. The van der Waals surface area contributed by atoms with Crippen molar-refractivity contribution in [1.82, 2.24) is 10.6 Å². The maximum absolute atomic E-state index is 11.8.